The van der Waals surface area contributed by atoms with Crippen molar-refractivity contribution in [3.63, 3.8) is 0 Å². The van der Waals surface area contributed by atoms with Gasteiger partial charge in [-0.25, -0.2) is 0 Å². The summed E-state index contributed by atoms with van der Waals surface area (Å²) in [5, 5.41) is 0. The van der Waals surface area contributed by atoms with Gasteiger partial charge in [0.05, 0.1) is 11.3 Å². The first-order valence-corrected chi connectivity index (χ1v) is 13.7. The number of benzene rings is 1. The summed E-state index contributed by atoms with van der Waals surface area (Å²) in [6.07, 6.45) is 5.86. The maximum atomic E-state index is 13.3. The molecule has 1 heterocycles. The lowest BCUT2D eigenvalue weighted by atomic mass is 9.80. The minimum Gasteiger partial charge on any atom is -0.373 e. The third kappa shape index (κ3) is 6.42. The number of nitrogens with zero attached hydrogens (tertiary/aromatic N) is 2. The largest absolute Gasteiger partial charge is 0.416 e. The molecule has 3 unspecified atom stereocenters. The Morgan fingerprint density at radius 3 is 2.34 bits per heavy atom. The first-order valence-electron chi connectivity index (χ1n) is 13.7. The number of hydrogen-bond acceptors (Lipinski definition) is 2. The molecule has 1 aromatic heterocycles. The normalized spacial score (nSPS) is 22.1. The average Bonchev–Trinajstić information content (AvgIpc) is 3.39. The van der Waals surface area contributed by atoms with Crippen molar-refractivity contribution in [2.24, 2.45) is 23.2 Å². The summed E-state index contributed by atoms with van der Waals surface area (Å²) in [7, 11) is 0. The van der Waals surface area contributed by atoms with E-state index in [0.717, 1.165) is 42.3 Å². The van der Waals surface area contributed by atoms with Gasteiger partial charge in [0.25, 0.3) is 0 Å². The van der Waals surface area contributed by atoms with Crippen LogP contribution >= 0.6 is 0 Å². The highest BCUT2D eigenvalue weighted by molar-refractivity contribution is 5.66. The maximum Gasteiger partial charge on any atom is 0.416 e. The molecule has 0 saturated heterocycles. The van der Waals surface area contributed by atoms with E-state index in [4.69, 9.17) is 0 Å². The van der Waals surface area contributed by atoms with Crippen LogP contribution in [0.1, 0.15) is 82.8 Å². The van der Waals surface area contributed by atoms with E-state index in [1.165, 1.54) is 23.3 Å². The summed E-state index contributed by atoms with van der Waals surface area (Å²) in [6, 6.07) is 7.94. The fourth-order valence-corrected chi connectivity index (χ4v) is 6.16. The summed E-state index contributed by atoms with van der Waals surface area (Å²) < 4.78 is 40.0. The molecule has 0 amide bonds. The molecule has 0 bridgehead atoms. The molecule has 1 fully saturated rings. The minimum atomic E-state index is -4.34. The summed E-state index contributed by atoms with van der Waals surface area (Å²) in [5.74, 6) is 1.40. The van der Waals surface area contributed by atoms with Gasteiger partial charge in [-0.1, -0.05) is 64.5 Å². The van der Waals surface area contributed by atoms with Crippen molar-refractivity contribution < 1.29 is 13.2 Å². The Labute approximate surface area is 227 Å². The molecule has 3 rings (SSSR count). The molecule has 0 N–H and O–H groups in total. The van der Waals surface area contributed by atoms with E-state index in [9.17, 15) is 13.2 Å². The molecule has 38 heavy (non-hydrogen) atoms. The molecule has 1 saturated carbocycles. The van der Waals surface area contributed by atoms with Crippen LogP contribution in [0.5, 0.6) is 0 Å². The number of halogens is 3. The predicted octanol–water partition coefficient (Wildman–Crippen LogP) is 9.43. The summed E-state index contributed by atoms with van der Waals surface area (Å²) >= 11 is 0. The lowest BCUT2D eigenvalue weighted by Gasteiger charge is -2.33. The Kier molecular flexibility index (Phi) is 9.33. The quantitative estimate of drug-likeness (QED) is 0.291. The predicted molar refractivity (Wildman–Crippen MR) is 153 cm³/mol. The van der Waals surface area contributed by atoms with Gasteiger partial charge in [0.15, 0.2) is 0 Å². The lowest BCUT2D eigenvalue weighted by Crippen LogP contribution is -2.31. The molecule has 2 nitrogen and oxygen atoms in total. The van der Waals surface area contributed by atoms with Crippen LogP contribution < -0.4 is 0 Å². The maximum absolute atomic E-state index is 13.3. The fourth-order valence-electron chi connectivity index (χ4n) is 6.16. The second kappa shape index (κ2) is 11.9. The van der Waals surface area contributed by atoms with E-state index < -0.39 is 11.7 Å². The number of aryl methyl sites for hydroxylation is 1. The second-order valence-corrected chi connectivity index (χ2v) is 11.2. The van der Waals surface area contributed by atoms with Crippen molar-refractivity contribution in [1.29, 1.82) is 0 Å². The monoisotopic (exact) mass is 524 g/mol. The topological polar surface area (TPSA) is 16.1 Å². The van der Waals surface area contributed by atoms with Gasteiger partial charge in [-0.2, -0.15) is 13.2 Å². The van der Waals surface area contributed by atoms with Crippen LogP contribution in [0.25, 0.3) is 11.6 Å². The van der Waals surface area contributed by atoms with E-state index in [1.807, 2.05) is 26.1 Å². The van der Waals surface area contributed by atoms with E-state index >= 15 is 0 Å². The van der Waals surface area contributed by atoms with E-state index in [2.05, 4.69) is 69.4 Å². The van der Waals surface area contributed by atoms with E-state index in [-0.39, 0.29) is 5.41 Å². The molecule has 2 aromatic rings. The smallest absolute Gasteiger partial charge is 0.373 e. The van der Waals surface area contributed by atoms with Crippen molar-refractivity contribution in [3.8, 4) is 0 Å². The van der Waals surface area contributed by atoms with Gasteiger partial charge in [-0.3, -0.25) is 4.98 Å². The van der Waals surface area contributed by atoms with Crippen molar-refractivity contribution in [3.05, 3.63) is 88.9 Å². The lowest BCUT2D eigenvalue weighted by molar-refractivity contribution is -0.137. The summed E-state index contributed by atoms with van der Waals surface area (Å²) in [4.78, 5) is 6.85. The standard InChI is InChI=1S/C33H43F3N2/c1-9-27-16-28(18-37-31(27)11-3)23(6)17-32(24(7)25(32)8)29(10-2)21-38(19-22(4)5)20-26-13-12-14-30(15-26)33(34,35)36/h11-19,24-25,29H,3,9-10,20-21H2,1-2,4-8H3/b23-17+. The fraction of sp³-hybridized carbons (Fsp3) is 0.485. The number of rotatable bonds is 11. The van der Waals surface area contributed by atoms with Gasteiger partial charge in [0.1, 0.15) is 0 Å². The Morgan fingerprint density at radius 2 is 1.82 bits per heavy atom. The Bertz CT molecular complexity index is 1180. The highest BCUT2D eigenvalue weighted by Crippen LogP contribution is 2.65. The SMILES string of the molecule is C=Cc1ncc(/C(C)=C/C2(C(CC)CN(C=C(C)C)Cc3cccc(C(F)(F)F)c3)C(C)C2C)cc1CC. The summed E-state index contributed by atoms with van der Waals surface area (Å²) in [5.41, 5.74) is 5.73. The summed E-state index contributed by atoms with van der Waals surface area (Å²) in [6.45, 7) is 20.4. The van der Waals surface area contributed by atoms with Crippen LogP contribution in [0.2, 0.25) is 0 Å². The average molecular weight is 525 g/mol. The van der Waals surface area contributed by atoms with E-state index in [1.54, 1.807) is 6.07 Å². The van der Waals surface area contributed by atoms with Gasteiger partial charge >= 0.3 is 6.18 Å². The zero-order chi connectivity index (χ0) is 28.3. The number of pyridine rings is 1. The van der Waals surface area contributed by atoms with Crippen LogP contribution in [0.4, 0.5) is 13.2 Å². The molecule has 206 valence electrons. The minimum absolute atomic E-state index is 0.0316. The van der Waals surface area contributed by atoms with Crippen LogP contribution in [0, 0.1) is 23.2 Å². The number of alkyl halides is 3. The molecular weight excluding hydrogens is 481 g/mol. The van der Waals surface area contributed by atoms with E-state index in [0.29, 0.717) is 29.9 Å². The van der Waals surface area contributed by atoms with Crippen LogP contribution in [-0.2, 0) is 19.1 Å². The molecule has 5 heteroatoms. The molecular formula is C33H43F3N2. The zero-order valence-electron chi connectivity index (χ0n) is 24.0. The Balaban J connectivity index is 1.93. The molecule has 0 spiro atoms. The van der Waals surface area contributed by atoms with Gasteiger partial charge in [0, 0.05) is 19.3 Å². The van der Waals surface area contributed by atoms with Crippen molar-refractivity contribution in [2.45, 2.75) is 74.0 Å². The molecule has 0 aliphatic heterocycles. The molecule has 3 atom stereocenters. The molecule has 0 radical (unpaired) electrons. The first kappa shape index (κ1) is 29.7. The number of aromatic nitrogens is 1. The van der Waals surface area contributed by atoms with Gasteiger partial charge in [0.2, 0.25) is 0 Å². The van der Waals surface area contributed by atoms with Crippen LogP contribution in [0.15, 0.2) is 61.0 Å². The van der Waals surface area contributed by atoms with Crippen molar-refractivity contribution >= 4 is 11.6 Å². The Morgan fingerprint density at radius 1 is 1.13 bits per heavy atom. The van der Waals surface area contributed by atoms with Crippen LogP contribution in [0.3, 0.4) is 0 Å². The highest BCUT2D eigenvalue weighted by atomic mass is 19.4. The van der Waals surface area contributed by atoms with Gasteiger partial charge in [-0.05, 0) is 103 Å². The molecule has 1 aliphatic rings. The molecule has 1 aromatic carbocycles. The number of allylic oxidation sites excluding steroid dienone is 3. The highest BCUT2D eigenvalue weighted by Gasteiger charge is 2.61. The number of hydrogen-bond donors (Lipinski definition) is 0. The van der Waals surface area contributed by atoms with Crippen molar-refractivity contribution in [2.75, 3.05) is 6.54 Å². The Hall–Kier alpha value is -2.82. The third-order valence-electron chi connectivity index (χ3n) is 8.45. The third-order valence-corrected chi connectivity index (χ3v) is 8.45. The zero-order valence-corrected chi connectivity index (χ0v) is 24.0. The second-order valence-electron chi connectivity index (χ2n) is 11.2. The van der Waals surface area contributed by atoms with Crippen LogP contribution in [-0.4, -0.2) is 16.4 Å². The first-order chi connectivity index (χ1) is 17.9. The molecule has 1 aliphatic carbocycles. The van der Waals surface area contributed by atoms with Gasteiger partial charge < -0.3 is 4.90 Å². The van der Waals surface area contributed by atoms with Crippen molar-refractivity contribution in [1.82, 2.24) is 9.88 Å². The van der Waals surface area contributed by atoms with Gasteiger partial charge in [-0.15, -0.1) is 0 Å².